The Kier molecular flexibility index (Phi) is 6.69. The summed E-state index contributed by atoms with van der Waals surface area (Å²) in [6.07, 6.45) is -2.84. The van der Waals surface area contributed by atoms with Crippen LogP contribution in [0.2, 0.25) is 0 Å². The minimum atomic E-state index is -2.84. The molecule has 2 saturated heterocycles. The third-order valence-electron chi connectivity index (χ3n) is 6.26. The summed E-state index contributed by atoms with van der Waals surface area (Å²) in [6.45, 7) is 4.45. The summed E-state index contributed by atoms with van der Waals surface area (Å²) in [4.78, 5) is 19.3. The highest BCUT2D eigenvalue weighted by Gasteiger charge is 2.32. The zero-order chi connectivity index (χ0) is 24.4. The van der Waals surface area contributed by atoms with E-state index in [1.807, 2.05) is 0 Å². The second-order valence-electron chi connectivity index (χ2n) is 8.50. The minimum absolute atomic E-state index is 0.00643. The summed E-state index contributed by atoms with van der Waals surface area (Å²) in [6, 6.07) is 12.9. The highest BCUT2D eigenvalue weighted by atomic mass is 19.3. The highest BCUT2D eigenvalue weighted by molar-refractivity contribution is 5.92. The van der Waals surface area contributed by atoms with E-state index in [4.69, 9.17) is 9.15 Å². The molecule has 5 rings (SSSR count). The molecule has 11 heteroatoms. The molecule has 0 unspecified atom stereocenters. The average molecular weight is 487 g/mol. The third-order valence-corrected chi connectivity index (χ3v) is 6.26. The van der Waals surface area contributed by atoms with Gasteiger partial charge in [0.05, 0.1) is 25.8 Å². The first-order chi connectivity index (χ1) is 17.0. The summed E-state index contributed by atoms with van der Waals surface area (Å²) in [5.74, 6) is -1.13. The van der Waals surface area contributed by atoms with Crippen LogP contribution in [0.25, 0.3) is 11.5 Å². The number of hydrogen-bond donors (Lipinski definition) is 0. The third kappa shape index (κ3) is 5.15. The van der Waals surface area contributed by atoms with Gasteiger partial charge < -0.3 is 14.1 Å². The summed E-state index contributed by atoms with van der Waals surface area (Å²) in [5, 5.41) is 7.00. The van der Waals surface area contributed by atoms with Crippen molar-refractivity contribution in [3.8, 4) is 11.5 Å². The van der Waals surface area contributed by atoms with E-state index in [9.17, 15) is 18.0 Å². The Morgan fingerprint density at radius 3 is 2.26 bits per heavy atom. The van der Waals surface area contributed by atoms with Crippen LogP contribution in [0.15, 0.2) is 52.9 Å². The highest BCUT2D eigenvalue weighted by Crippen LogP contribution is 2.25. The lowest BCUT2D eigenvalue weighted by molar-refractivity contribution is -0.0738. The number of ether oxygens (including phenoxy) is 1. The van der Waals surface area contributed by atoms with Crippen molar-refractivity contribution in [2.24, 2.45) is 0 Å². The zero-order valence-corrected chi connectivity index (χ0v) is 18.8. The van der Waals surface area contributed by atoms with Gasteiger partial charge in [0.2, 0.25) is 5.89 Å². The number of alkyl halides is 2. The molecule has 3 heterocycles. The lowest BCUT2D eigenvalue weighted by Crippen LogP contribution is -2.59. The molecule has 1 aromatic heterocycles. The summed E-state index contributed by atoms with van der Waals surface area (Å²) < 4.78 is 49.3. The van der Waals surface area contributed by atoms with Crippen LogP contribution in [0.3, 0.4) is 0 Å². The van der Waals surface area contributed by atoms with Crippen LogP contribution in [0, 0.1) is 5.82 Å². The molecule has 2 fully saturated rings. The van der Waals surface area contributed by atoms with E-state index in [2.05, 4.69) is 15.1 Å². The van der Waals surface area contributed by atoms with Gasteiger partial charge in [-0.2, -0.15) is 8.78 Å². The van der Waals surface area contributed by atoms with E-state index in [1.165, 1.54) is 12.1 Å². The second kappa shape index (κ2) is 10.0. The van der Waals surface area contributed by atoms with Crippen molar-refractivity contribution in [2.45, 2.75) is 19.0 Å². The van der Waals surface area contributed by atoms with E-state index in [1.54, 1.807) is 46.2 Å². The molecule has 0 radical (unpaired) electrons. The van der Waals surface area contributed by atoms with Crippen molar-refractivity contribution in [1.29, 1.82) is 0 Å². The number of halogens is 3. The van der Waals surface area contributed by atoms with Gasteiger partial charge >= 0.3 is 12.5 Å². The first-order valence-corrected chi connectivity index (χ1v) is 11.3. The van der Waals surface area contributed by atoms with E-state index in [0.29, 0.717) is 30.4 Å². The number of carbonyl (C=O) groups is 1. The van der Waals surface area contributed by atoms with Crippen molar-refractivity contribution < 1.29 is 27.1 Å². The number of benzene rings is 2. The largest absolute Gasteiger partial charge is 0.415 e. The summed E-state index contributed by atoms with van der Waals surface area (Å²) in [7, 11) is 0. The standard InChI is InChI=1S/C24H24F3N5O3/c25-18-5-7-19(8-6-18)32(24(33)31-11-9-30(10-12-31)20-14-34-15-20)13-16-1-3-17(4-2-16)22-28-29-23(35-22)21(26)27/h1-8,20-21H,9-15H2. The SMILES string of the molecule is O=C(N1CCN(C2COC2)CC1)N(Cc1ccc(-c2nnc(C(F)F)o2)cc1)c1ccc(F)cc1. The van der Waals surface area contributed by atoms with Crippen molar-refractivity contribution in [1.82, 2.24) is 20.0 Å². The predicted molar refractivity (Wildman–Crippen MR) is 120 cm³/mol. The van der Waals surface area contributed by atoms with Crippen LogP contribution in [0.1, 0.15) is 17.9 Å². The summed E-state index contributed by atoms with van der Waals surface area (Å²) in [5.41, 5.74) is 1.86. The van der Waals surface area contributed by atoms with Gasteiger partial charge in [-0.1, -0.05) is 12.1 Å². The maximum Gasteiger partial charge on any atom is 0.324 e. The van der Waals surface area contributed by atoms with E-state index in [-0.39, 0.29) is 24.3 Å². The van der Waals surface area contributed by atoms with Crippen molar-refractivity contribution in [2.75, 3.05) is 44.3 Å². The van der Waals surface area contributed by atoms with E-state index in [0.717, 1.165) is 31.9 Å². The maximum absolute atomic E-state index is 13.6. The Morgan fingerprint density at radius 1 is 1.00 bits per heavy atom. The van der Waals surface area contributed by atoms with Crippen LogP contribution >= 0.6 is 0 Å². The maximum atomic E-state index is 13.6. The Morgan fingerprint density at radius 2 is 1.69 bits per heavy atom. The van der Waals surface area contributed by atoms with Gasteiger partial charge in [0.1, 0.15) is 5.82 Å². The fourth-order valence-electron chi connectivity index (χ4n) is 4.15. The van der Waals surface area contributed by atoms with Gasteiger partial charge in [-0.05, 0) is 42.0 Å². The van der Waals surface area contributed by atoms with Crippen LogP contribution in [0.4, 0.5) is 23.7 Å². The summed E-state index contributed by atoms with van der Waals surface area (Å²) >= 11 is 0. The molecule has 0 aliphatic carbocycles. The minimum Gasteiger partial charge on any atom is -0.415 e. The van der Waals surface area contributed by atoms with Crippen LogP contribution in [0.5, 0.6) is 0 Å². The molecule has 2 aromatic carbocycles. The Balaban J connectivity index is 1.31. The molecular weight excluding hydrogens is 463 g/mol. The molecule has 2 aliphatic rings. The number of hydrogen-bond acceptors (Lipinski definition) is 6. The fraction of sp³-hybridized carbons (Fsp3) is 0.375. The lowest BCUT2D eigenvalue weighted by atomic mass is 10.1. The molecular formula is C24H24F3N5O3. The van der Waals surface area contributed by atoms with Crippen LogP contribution in [-0.2, 0) is 11.3 Å². The lowest BCUT2D eigenvalue weighted by Gasteiger charge is -2.43. The number of rotatable bonds is 6. The number of amides is 2. The molecule has 184 valence electrons. The van der Waals surface area contributed by atoms with Gasteiger partial charge in [0, 0.05) is 37.4 Å². The zero-order valence-electron chi connectivity index (χ0n) is 18.8. The number of nitrogens with zero attached hydrogens (tertiary/aromatic N) is 5. The van der Waals surface area contributed by atoms with Gasteiger partial charge in [-0.3, -0.25) is 9.80 Å². The molecule has 0 N–H and O–H groups in total. The molecule has 35 heavy (non-hydrogen) atoms. The molecule has 0 bridgehead atoms. The molecule has 2 aliphatic heterocycles. The second-order valence-corrected chi connectivity index (χ2v) is 8.50. The molecule has 0 spiro atoms. The van der Waals surface area contributed by atoms with Gasteiger partial charge in [0.25, 0.3) is 5.89 Å². The molecule has 2 amide bonds. The molecule has 0 atom stereocenters. The van der Waals surface area contributed by atoms with Crippen LogP contribution in [-0.4, -0.2) is 71.5 Å². The van der Waals surface area contributed by atoms with Crippen molar-refractivity contribution >= 4 is 11.7 Å². The number of carbonyl (C=O) groups excluding carboxylic acids is 1. The number of aromatic nitrogens is 2. The molecule has 3 aromatic rings. The number of piperazine rings is 1. The van der Waals surface area contributed by atoms with E-state index >= 15 is 0 Å². The Labute approximate surface area is 199 Å². The van der Waals surface area contributed by atoms with Crippen molar-refractivity contribution in [3.05, 3.63) is 65.8 Å². The Bertz CT molecular complexity index is 1140. The van der Waals surface area contributed by atoms with Crippen molar-refractivity contribution in [3.63, 3.8) is 0 Å². The molecule has 8 nitrogen and oxygen atoms in total. The van der Waals surface area contributed by atoms with Gasteiger partial charge in [-0.25, -0.2) is 9.18 Å². The van der Waals surface area contributed by atoms with Crippen LogP contribution < -0.4 is 4.90 Å². The number of anilines is 1. The monoisotopic (exact) mass is 487 g/mol. The quantitative estimate of drug-likeness (QED) is 0.524. The average Bonchev–Trinajstić information content (AvgIpc) is 3.34. The topological polar surface area (TPSA) is 74.9 Å². The fourth-order valence-corrected chi connectivity index (χ4v) is 4.15. The normalized spacial score (nSPS) is 17.0. The smallest absolute Gasteiger partial charge is 0.324 e. The van der Waals surface area contributed by atoms with Gasteiger partial charge in [-0.15, -0.1) is 10.2 Å². The first kappa shape index (κ1) is 23.3. The molecule has 0 saturated carbocycles. The van der Waals surface area contributed by atoms with Gasteiger partial charge in [0.15, 0.2) is 0 Å². The Hall–Kier alpha value is -3.44. The van der Waals surface area contributed by atoms with E-state index < -0.39 is 12.3 Å². The predicted octanol–water partition coefficient (Wildman–Crippen LogP) is 3.96. The first-order valence-electron chi connectivity index (χ1n) is 11.3. The number of urea groups is 1.